The molecule has 1 heterocycles. The molecule has 1 aromatic heterocycles. The molecule has 2 rings (SSSR count). The first-order chi connectivity index (χ1) is 9.93. The molecule has 0 radical (unpaired) electrons. The van der Waals surface area contributed by atoms with Crippen molar-refractivity contribution in [3.05, 3.63) is 17.5 Å². The van der Waals surface area contributed by atoms with Crippen LogP contribution in [0.3, 0.4) is 0 Å². The number of amides is 1. The average molecular weight is 293 g/mol. The van der Waals surface area contributed by atoms with Gasteiger partial charge in [-0.3, -0.25) is 14.3 Å². The first-order valence-electron chi connectivity index (χ1n) is 7.54. The number of nitrogens with one attached hydrogen (secondary N) is 1. The standard InChI is InChI=1S/C15H23N3O3/c1-4-10(3)18-14(11-5-6-11)12(8-16-18)15(21)17-9(2)7-13(19)20/h8-11H,4-7H2,1-3H3,(H,17,21)(H,19,20). The van der Waals surface area contributed by atoms with Crippen molar-refractivity contribution in [2.45, 2.75) is 64.5 Å². The Morgan fingerprint density at radius 1 is 1.48 bits per heavy atom. The van der Waals surface area contributed by atoms with Crippen molar-refractivity contribution in [1.29, 1.82) is 0 Å². The van der Waals surface area contributed by atoms with Crippen molar-refractivity contribution in [3.63, 3.8) is 0 Å². The number of aliphatic carboxylic acids is 1. The number of carboxylic acid groups (broad SMARTS) is 1. The van der Waals surface area contributed by atoms with Crippen LogP contribution in [0.4, 0.5) is 0 Å². The Bertz CT molecular complexity index is 534. The number of carbonyl (C=O) groups excluding carboxylic acids is 1. The van der Waals surface area contributed by atoms with Crippen LogP contribution in [0.25, 0.3) is 0 Å². The molecule has 1 amide bonds. The topological polar surface area (TPSA) is 84.2 Å². The lowest BCUT2D eigenvalue weighted by Gasteiger charge is -2.15. The molecule has 0 spiro atoms. The first kappa shape index (κ1) is 15.5. The van der Waals surface area contributed by atoms with Gasteiger partial charge in [0.1, 0.15) is 0 Å². The minimum atomic E-state index is -0.916. The Balaban J connectivity index is 2.17. The summed E-state index contributed by atoms with van der Waals surface area (Å²) in [6, 6.07) is -0.132. The SMILES string of the molecule is CCC(C)n1ncc(C(=O)NC(C)CC(=O)O)c1C1CC1. The highest BCUT2D eigenvalue weighted by molar-refractivity contribution is 5.95. The number of hydrogen-bond acceptors (Lipinski definition) is 3. The molecule has 1 aliphatic rings. The van der Waals surface area contributed by atoms with E-state index in [-0.39, 0.29) is 18.4 Å². The summed E-state index contributed by atoms with van der Waals surface area (Å²) in [6.45, 7) is 5.88. The fraction of sp³-hybridized carbons (Fsp3) is 0.667. The summed E-state index contributed by atoms with van der Waals surface area (Å²) in [6.07, 6.45) is 4.67. The molecular formula is C15H23N3O3. The molecule has 0 aliphatic heterocycles. The van der Waals surface area contributed by atoms with Crippen LogP contribution < -0.4 is 5.32 Å². The molecule has 2 atom stereocenters. The van der Waals surface area contributed by atoms with E-state index < -0.39 is 12.0 Å². The molecule has 6 heteroatoms. The molecule has 21 heavy (non-hydrogen) atoms. The molecular weight excluding hydrogens is 270 g/mol. The Morgan fingerprint density at radius 3 is 2.67 bits per heavy atom. The van der Waals surface area contributed by atoms with Gasteiger partial charge in [-0.1, -0.05) is 6.92 Å². The van der Waals surface area contributed by atoms with E-state index in [2.05, 4.69) is 24.3 Å². The molecule has 1 aromatic rings. The van der Waals surface area contributed by atoms with Gasteiger partial charge >= 0.3 is 5.97 Å². The van der Waals surface area contributed by atoms with Gasteiger partial charge in [0.2, 0.25) is 0 Å². The van der Waals surface area contributed by atoms with Gasteiger partial charge in [0.05, 0.1) is 23.9 Å². The third-order valence-corrected chi connectivity index (χ3v) is 3.91. The van der Waals surface area contributed by atoms with Gasteiger partial charge in [-0.05, 0) is 33.1 Å². The number of nitrogens with zero attached hydrogens (tertiary/aromatic N) is 2. The fourth-order valence-electron chi connectivity index (χ4n) is 2.45. The van der Waals surface area contributed by atoms with E-state index in [1.54, 1.807) is 13.1 Å². The Hall–Kier alpha value is -1.85. The van der Waals surface area contributed by atoms with E-state index in [0.29, 0.717) is 11.5 Å². The van der Waals surface area contributed by atoms with Crippen molar-refractivity contribution in [2.75, 3.05) is 0 Å². The highest BCUT2D eigenvalue weighted by atomic mass is 16.4. The Kier molecular flexibility index (Phi) is 4.65. The molecule has 0 aromatic carbocycles. The van der Waals surface area contributed by atoms with Crippen LogP contribution in [0.2, 0.25) is 0 Å². The van der Waals surface area contributed by atoms with Crippen LogP contribution >= 0.6 is 0 Å². The van der Waals surface area contributed by atoms with Gasteiger partial charge in [-0.15, -0.1) is 0 Å². The minimum Gasteiger partial charge on any atom is -0.481 e. The summed E-state index contributed by atoms with van der Waals surface area (Å²) < 4.78 is 1.95. The minimum absolute atomic E-state index is 0.0794. The molecule has 6 nitrogen and oxygen atoms in total. The predicted molar refractivity (Wildman–Crippen MR) is 78.4 cm³/mol. The third kappa shape index (κ3) is 3.62. The van der Waals surface area contributed by atoms with Gasteiger partial charge in [0.15, 0.2) is 0 Å². The normalized spacial score (nSPS) is 17.3. The maximum Gasteiger partial charge on any atom is 0.305 e. The van der Waals surface area contributed by atoms with E-state index in [9.17, 15) is 9.59 Å². The molecule has 1 fully saturated rings. The maximum absolute atomic E-state index is 12.4. The smallest absolute Gasteiger partial charge is 0.305 e. The van der Waals surface area contributed by atoms with E-state index >= 15 is 0 Å². The monoisotopic (exact) mass is 293 g/mol. The van der Waals surface area contributed by atoms with Crippen LogP contribution in [0.1, 0.15) is 74.5 Å². The van der Waals surface area contributed by atoms with Crippen LogP contribution in [-0.4, -0.2) is 32.8 Å². The summed E-state index contributed by atoms with van der Waals surface area (Å²) in [5, 5.41) is 15.9. The maximum atomic E-state index is 12.4. The summed E-state index contributed by atoms with van der Waals surface area (Å²) in [5.74, 6) is -0.724. The van der Waals surface area contributed by atoms with Gasteiger partial charge in [-0.2, -0.15) is 5.10 Å². The molecule has 116 valence electrons. The van der Waals surface area contributed by atoms with Crippen molar-refractivity contribution in [2.24, 2.45) is 0 Å². The predicted octanol–water partition coefficient (Wildman–Crippen LogP) is 2.32. The zero-order chi connectivity index (χ0) is 15.6. The van der Waals surface area contributed by atoms with Gasteiger partial charge < -0.3 is 10.4 Å². The summed E-state index contributed by atoms with van der Waals surface area (Å²) >= 11 is 0. The van der Waals surface area contributed by atoms with Crippen molar-refractivity contribution in [1.82, 2.24) is 15.1 Å². The Morgan fingerprint density at radius 2 is 2.14 bits per heavy atom. The third-order valence-electron chi connectivity index (χ3n) is 3.91. The second-order valence-corrected chi connectivity index (χ2v) is 5.89. The average Bonchev–Trinajstić information content (AvgIpc) is 3.15. The van der Waals surface area contributed by atoms with E-state index in [0.717, 1.165) is 25.0 Å². The largest absolute Gasteiger partial charge is 0.481 e. The lowest BCUT2D eigenvalue weighted by atomic mass is 10.1. The zero-order valence-corrected chi connectivity index (χ0v) is 12.8. The molecule has 0 saturated heterocycles. The second-order valence-electron chi connectivity index (χ2n) is 5.89. The molecule has 2 unspecified atom stereocenters. The first-order valence-corrected chi connectivity index (χ1v) is 7.54. The summed E-state index contributed by atoms with van der Waals surface area (Å²) in [7, 11) is 0. The molecule has 0 bridgehead atoms. The highest BCUT2D eigenvalue weighted by Crippen LogP contribution is 2.42. The molecule has 1 saturated carbocycles. The van der Waals surface area contributed by atoms with E-state index in [1.165, 1.54) is 0 Å². The molecule has 1 aliphatic carbocycles. The van der Waals surface area contributed by atoms with Crippen molar-refractivity contribution < 1.29 is 14.7 Å². The van der Waals surface area contributed by atoms with Gasteiger partial charge in [0.25, 0.3) is 5.91 Å². The fourth-order valence-corrected chi connectivity index (χ4v) is 2.45. The van der Waals surface area contributed by atoms with Crippen LogP contribution in [0.15, 0.2) is 6.20 Å². The second kappa shape index (κ2) is 6.28. The lowest BCUT2D eigenvalue weighted by Crippen LogP contribution is -2.34. The van der Waals surface area contributed by atoms with Gasteiger partial charge in [-0.25, -0.2) is 0 Å². The van der Waals surface area contributed by atoms with Crippen molar-refractivity contribution >= 4 is 11.9 Å². The number of rotatable bonds is 7. The lowest BCUT2D eigenvalue weighted by molar-refractivity contribution is -0.137. The number of carboxylic acids is 1. The number of carbonyl (C=O) groups is 2. The van der Waals surface area contributed by atoms with Crippen molar-refractivity contribution in [3.8, 4) is 0 Å². The number of aromatic nitrogens is 2. The highest BCUT2D eigenvalue weighted by Gasteiger charge is 2.33. The Labute approximate surface area is 124 Å². The summed E-state index contributed by atoms with van der Waals surface area (Å²) in [4.78, 5) is 23.0. The van der Waals surface area contributed by atoms with Crippen LogP contribution in [0, 0.1) is 0 Å². The summed E-state index contributed by atoms with van der Waals surface area (Å²) in [5.41, 5.74) is 1.60. The molecule has 2 N–H and O–H groups in total. The zero-order valence-electron chi connectivity index (χ0n) is 12.8. The van der Waals surface area contributed by atoms with Gasteiger partial charge in [0, 0.05) is 18.0 Å². The number of hydrogen-bond donors (Lipinski definition) is 2. The quantitative estimate of drug-likeness (QED) is 0.808. The van der Waals surface area contributed by atoms with E-state index in [1.807, 2.05) is 4.68 Å². The van der Waals surface area contributed by atoms with Crippen LogP contribution in [-0.2, 0) is 4.79 Å². The van der Waals surface area contributed by atoms with Crippen LogP contribution in [0.5, 0.6) is 0 Å². The van der Waals surface area contributed by atoms with E-state index in [4.69, 9.17) is 5.11 Å².